The average Bonchev–Trinajstić information content (AvgIpc) is 3.56. The molecule has 0 radical (unpaired) electrons. The van der Waals surface area contributed by atoms with Crippen molar-refractivity contribution < 1.29 is 9.59 Å². The largest absolute Gasteiger partial charge is 0.328 e. The first-order valence-electron chi connectivity index (χ1n) is 10.2. The van der Waals surface area contributed by atoms with Crippen LogP contribution in [-0.4, -0.2) is 46.3 Å². The zero-order valence-corrected chi connectivity index (χ0v) is 19.1. The number of nitrogens with zero attached hydrogens (tertiary/aromatic N) is 8. The smallest absolute Gasteiger partial charge is 0.284 e. The maximum atomic E-state index is 11.5. The highest BCUT2D eigenvalue weighted by Gasteiger charge is 2.52. The van der Waals surface area contributed by atoms with Crippen molar-refractivity contribution in [3.8, 4) is 12.1 Å². The van der Waals surface area contributed by atoms with E-state index in [0.29, 0.717) is 24.9 Å². The topological polar surface area (TPSA) is 138 Å². The van der Waals surface area contributed by atoms with E-state index in [1.807, 2.05) is 55.4 Å². The van der Waals surface area contributed by atoms with Crippen LogP contribution in [0.2, 0.25) is 0 Å². The summed E-state index contributed by atoms with van der Waals surface area (Å²) in [6.07, 6.45) is 0. The van der Waals surface area contributed by atoms with Crippen LogP contribution >= 0.6 is 0 Å². The van der Waals surface area contributed by atoms with Gasteiger partial charge in [0.1, 0.15) is 0 Å². The molecule has 0 atom stereocenters. The minimum Gasteiger partial charge on any atom is -0.284 e. The summed E-state index contributed by atoms with van der Waals surface area (Å²) in [5, 5.41) is 33.1. The normalized spacial score (nSPS) is 16.6. The zero-order valence-electron chi connectivity index (χ0n) is 19.1. The number of hydrogen-bond acceptors (Lipinski definition) is 8. The summed E-state index contributed by atoms with van der Waals surface area (Å²) in [7, 11) is 0. The Hall–Kier alpha value is -2.88. The highest BCUT2D eigenvalue weighted by atomic mass is 16.2. The predicted octanol–water partition coefficient (Wildman–Crippen LogP) is 3.54. The molecule has 0 saturated heterocycles. The van der Waals surface area contributed by atoms with Crippen LogP contribution in [0.3, 0.4) is 0 Å². The number of nitriles is 2. The summed E-state index contributed by atoms with van der Waals surface area (Å²) in [6, 6.07) is 3.28. The molecule has 2 aliphatic heterocycles. The van der Waals surface area contributed by atoms with Crippen LogP contribution in [0.15, 0.2) is 20.5 Å². The Kier molecular flexibility index (Phi) is 8.17. The van der Waals surface area contributed by atoms with Crippen molar-refractivity contribution in [3.63, 3.8) is 0 Å². The fourth-order valence-electron chi connectivity index (χ4n) is 2.99. The number of carbonyl (C=O) groups excluding carboxylic acids is 2. The van der Waals surface area contributed by atoms with Gasteiger partial charge in [0.15, 0.2) is 12.1 Å². The van der Waals surface area contributed by atoms with Gasteiger partial charge in [0.05, 0.1) is 0 Å². The molecule has 2 heterocycles. The maximum Gasteiger partial charge on any atom is 0.328 e. The lowest BCUT2D eigenvalue weighted by Crippen LogP contribution is -2.47. The molecule has 0 aromatic rings. The Bertz CT molecular complexity index is 708. The summed E-state index contributed by atoms with van der Waals surface area (Å²) >= 11 is 0. The van der Waals surface area contributed by atoms with E-state index in [4.69, 9.17) is 10.5 Å². The van der Waals surface area contributed by atoms with Crippen molar-refractivity contribution in [1.29, 1.82) is 10.5 Å². The molecule has 10 heteroatoms. The molecule has 164 valence electrons. The second-order valence-corrected chi connectivity index (χ2v) is 8.93. The predicted molar refractivity (Wildman–Crippen MR) is 109 cm³/mol. The van der Waals surface area contributed by atoms with Crippen molar-refractivity contribution in [2.45, 2.75) is 67.0 Å². The van der Waals surface area contributed by atoms with Gasteiger partial charge >= 0.3 is 11.8 Å². The van der Waals surface area contributed by atoms with Crippen molar-refractivity contribution in [2.75, 3.05) is 13.1 Å². The number of amides is 2. The van der Waals surface area contributed by atoms with Crippen LogP contribution in [0.4, 0.5) is 0 Å². The molecule has 0 fully saturated rings. The molecule has 30 heavy (non-hydrogen) atoms. The van der Waals surface area contributed by atoms with E-state index in [1.165, 1.54) is 9.80 Å². The third-order valence-corrected chi connectivity index (χ3v) is 4.73. The Labute approximate surface area is 178 Å². The summed E-state index contributed by atoms with van der Waals surface area (Å²) in [4.78, 5) is 25.9. The van der Waals surface area contributed by atoms with Gasteiger partial charge in [-0.15, -0.1) is 20.5 Å². The standard InChI is InChI=1S/2C10H16N4O/c2*1-7(2)6-14(9(15)5-11)10(8(3)4)12-13-10/h2*7-8H,6H2,1-4H3. The average molecular weight is 417 g/mol. The van der Waals surface area contributed by atoms with Crippen LogP contribution < -0.4 is 0 Å². The summed E-state index contributed by atoms with van der Waals surface area (Å²) in [6.45, 7) is 16.8. The Morgan fingerprint density at radius 1 is 0.700 bits per heavy atom. The molecule has 2 amide bonds. The molecule has 0 saturated carbocycles. The molecule has 0 unspecified atom stereocenters. The highest BCUT2D eigenvalue weighted by Crippen LogP contribution is 2.40. The van der Waals surface area contributed by atoms with E-state index >= 15 is 0 Å². The fourth-order valence-corrected chi connectivity index (χ4v) is 2.99. The van der Waals surface area contributed by atoms with Gasteiger partial charge in [-0.25, -0.2) is 0 Å². The lowest BCUT2D eigenvalue weighted by atomic mass is 10.0. The molecule has 10 nitrogen and oxygen atoms in total. The van der Waals surface area contributed by atoms with Gasteiger partial charge in [-0.3, -0.25) is 19.4 Å². The van der Waals surface area contributed by atoms with Gasteiger partial charge in [0.25, 0.3) is 11.6 Å². The molecule has 0 aliphatic carbocycles. The van der Waals surface area contributed by atoms with Gasteiger partial charge in [0, 0.05) is 24.9 Å². The second-order valence-electron chi connectivity index (χ2n) is 8.93. The van der Waals surface area contributed by atoms with E-state index in [1.54, 1.807) is 12.1 Å². The van der Waals surface area contributed by atoms with Crippen LogP contribution in [0, 0.1) is 46.3 Å². The Balaban J connectivity index is 0.000000300. The van der Waals surface area contributed by atoms with Crippen molar-refractivity contribution in [2.24, 2.45) is 44.1 Å². The van der Waals surface area contributed by atoms with Gasteiger partial charge in [-0.05, 0) is 11.8 Å². The van der Waals surface area contributed by atoms with Crippen LogP contribution in [0.5, 0.6) is 0 Å². The first-order valence-corrected chi connectivity index (χ1v) is 10.2. The maximum absolute atomic E-state index is 11.5. The third-order valence-electron chi connectivity index (χ3n) is 4.73. The van der Waals surface area contributed by atoms with E-state index in [-0.39, 0.29) is 11.8 Å². The Morgan fingerprint density at radius 3 is 1.10 bits per heavy atom. The second kappa shape index (κ2) is 9.75. The van der Waals surface area contributed by atoms with E-state index < -0.39 is 23.4 Å². The summed E-state index contributed by atoms with van der Waals surface area (Å²) in [5.41, 5.74) is 0. The SMILES string of the molecule is CC(C)CN(C(=O)C#N)C1(C(C)C)N=N1.CC(C)CN(C(=O)C#N)C1(C(C)C)N=N1. The third kappa shape index (κ3) is 5.59. The van der Waals surface area contributed by atoms with Crippen LogP contribution in [0.1, 0.15) is 55.4 Å². The summed E-state index contributed by atoms with van der Waals surface area (Å²) < 4.78 is 0. The van der Waals surface area contributed by atoms with Crippen LogP contribution in [-0.2, 0) is 9.59 Å². The van der Waals surface area contributed by atoms with Gasteiger partial charge in [-0.2, -0.15) is 10.5 Å². The first kappa shape index (κ1) is 25.2. The molecule has 0 spiro atoms. The number of hydrogen-bond donors (Lipinski definition) is 0. The van der Waals surface area contributed by atoms with E-state index in [0.717, 1.165) is 0 Å². The lowest BCUT2D eigenvalue weighted by Gasteiger charge is -2.29. The minimum atomic E-state index is -0.767. The molecule has 0 aromatic carbocycles. The molecule has 0 aromatic heterocycles. The minimum absolute atomic E-state index is 0.105. The Morgan fingerprint density at radius 2 is 0.967 bits per heavy atom. The van der Waals surface area contributed by atoms with E-state index in [2.05, 4.69) is 20.5 Å². The molecule has 0 N–H and O–H groups in total. The van der Waals surface area contributed by atoms with Gasteiger partial charge < -0.3 is 0 Å². The van der Waals surface area contributed by atoms with Crippen LogP contribution in [0.25, 0.3) is 0 Å². The van der Waals surface area contributed by atoms with Crippen molar-refractivity contribution in [3.05, 3.63) is 0 Å². The number of rotatable bonds is 8. The number of carbonyl (C=O) groups is 2. The molecular weight excluding hydrogens is 384 g/mol. The highest BCUT2D eigenvalue weighted by molar-refractivity contribution is 5.92. The molecule has 0 bridgehead atoms. The summed E-state index contributed by atoms with van der Waals surface area (Å²) in [5.74, 6) is -1.84. The molecule has 2 rings (SSSR count). The zero-order chi connectivity index (χ0) is 23.3. The molecule has 2 aliphatic rings. The van der Waals surface area contributed by atoms with Gasteiger partial charge in [-0.1, -0.05) is 55.4 Å². The quantitative estimate of drug-likeness (QED) is 0.558. The fraction of sp³-hybridized carbons (Fsp3) is 0.800. The van der Waals surface area contributed by atoms with Crippen molar-refractivity contribution >= 4 is 11.8 Å². The lowest BCUT2D eigenvalue weighted by molar-refractivity contribution is -0.131. The first-order chi connectivity index (χ1) is 13.9. The van der Waals surface area contributed by atoms with E-state index in [9.17, 15) is 9.59 Å². The van der Waals surface area contributed by atoms with Crippen molar-refractivity contribution in [1.82, 2.24) is 9.80 Å². The monoisotopic (exact) mass is 416 g/mol. The molecular formula is C20H32N8O2. The van der Waals surface area contributed by atoms with Gasteiger partial charge in [0.2, 0.25) is 0 Å².